The van der Waals surface area contributed by atoms with Crippen molar-refractivity contribution in [2.24, 2.45) is 5.92 Å². The molecule has 1 aromatic rings. The quantitative estimate of drug-likeness (QED) is 0.793. The number of carbonyl (C=O) groups excluding carboxylic acids is 2. The highest BCUT2D eigenvalue weighted by molar-refractivity contribution is 7.91. The number of hydrogen-bond donors (Lipinski definition) is 0. The van der Waals surface area contributed by atoms with Crippen molar-refractivity contribution in [1.29, 1.82) is 0 Å². The van der Waals surface area contributed by atoms with Crippen molar-refractivity contribution in [3.05, 3.63) is 22.4 Å². The summed E-state index contributed by atoms with van der Waals surface area (Å²) < 4.78 is 23.4. The lowest BCUT2D eigenvalue weighted by atomic mass is 10.0. The zero-order chi connectivity index (χ0) is 17.6. The Morgan fingerprint density at radius 1 is 1.28 bits per heavy atom. The minimum atomic E-state index is -3.04. The number of rotatable bonds is 3. The maximum absolute atomic E-state index is 13.0. The normalized spacial score (nSPS) is 31.8. The molecule has 136 valence electrons. The maximum atomic E-state index is 13.0. The molecule has 25 heavy (non-hydrogen) atoms. The van der Waals surface area contributed by atoms with Gasteiger partial charge in [-0.25, -0.2) is 8.42 Å². The zero-order valence-electron chi connectivity index (χ0n) is 14.0. The lowest BCUT2D eigenvalue weighted by Gasteiger charge is -2.28. The van der Waals surface area contributed by atoms with Crippen LogP contribution in [0.15, 0.2) is 16.8 Å². The van der Waals surface area contributed by atoms with Crippen molar-refractivity contribution in [3.63, 3.8) is 0 Å². The van der Waals surface area contributed by atoms with Crippen LogP contribution in [0.3, 0.4) is 0 Å². The Morgan fingerprint density at radius 2 is 2.12 bits per heavy atom. The van der Waals surface area contributed by atoms with E-state index < -0.39 is 9.84 Å². The van der Waals surface area contributed by atoms with Gasteiger partial charge in [-0.2, -0.15) is 11.3 Å². The predicted octanol–water partition coefficient (Wildman–Crippen LogP) is 1.45. The van der Waals surface area contributed by atoms with Gasteiger partial charge >= 0.3 is 0 Å². The van der Waals surface area contributed by atoms with Gasteiger partial charge in [0, 0.05) is 25.6 Å². The first-order valence-electron chi connectivity index (χ1n) is 8.77. The average molecular weight is 383 g/mol. The van der Waals surface area contributed by atoms with Crippen LogP contribution in [0.5, 0.6) is 0 Å². The maximum Gasteiger partial charge on any atom is 0.228 e. The van der Waals surface area contributed by atoms with E-state index in [1.54, 1.807) is 16.2 Å². The number of sulfone groups is 1. The highest BCUT2D eigenvalue weighted by Gasteiger charge is 2.44. The Hall–Kier alpha value is -1.41. The molecule has 4 heterocycles. The molecule has 0 aromatic carbocycles. The minimum Gasteiger partial charge on any atom is -0.338 e. The first-order chi connectivity index (χ1) is 11.9. The van der Waals surface area contributed by atoms with E-state index >= 15 is 0 Å². The van der Waals surface area contributed by atoms with Gasteiger partial charge in [-0.3, -0.25) is 9.59 Å². The molecule has 3 atom stereocenters. The molecule has 0 N–H and O–H groups in total. The second-order valence-electron chi connectivity index (χ2n) is 7.25. The minimum absolute atomic E-state index is 0.0426. The van der Waals surface area contributed by atoms with E-state index in [1.807, 2.05) is 10.3 Å². The van der Waals surface area contributed by atoms with Crippen LogP contribution in [0.25, 0.3) is 0 Å². The molecule has 0 saturated carbocycles. The van der Waals surface area contributed by atoms with Crippen molar-refractivity contribution >= 4 is 33.0 Å². The number of nitrogens with zero attached hydrogens (tertiary/aromatic N) is 2. The monoisotopic (exact) mass is 382 g/mol. The summed E-state index contributed by atoms with van der Waals surface area (Å²) in [7, 11) is -3.04. The summed E-state index contributed by atoms with van der Waals surface area (Å²) in [5.74, 6) is -0.181. The van der Waals surface area contributed by atoms with E-state index in [1.165, 1.54) is 5.56 Å². The van der Waals surface area contributed by atoms with Crippen molar-refractivity contribution < 1.29 is 18.0 Å². The van der Waals surface area contributed by atoms with E-state index in [9.17, 15) is 18.0 Å². The van der Waals surface area contributed by atoms with Crippen molar-refractivity contribution in [2.75, 3.05) is 24.6 Å². The Kier molecular flexibility index (Phi) is 4.35. The molecule has 3 saturated heterocycles. The van der Waals surface area contributed by atoms with Crippen LogP contribution in [-0.4, -0.2) is 60.7 Å². The third kappa shape index (κ3) is 3.21. The number of amides is 2. The van der Waals surface area contributed by atoms with Gasteiger partial charge in [0.25, 0.3) is 0 Å². The number of hydrogen-bond acceptors (Lipinski definition) is 5. The fourth-order valence-corrected chi connectivity index (χ4v) is 6.79. The Balaban J connectivity index is 1.46. The molecule has 0 aliphatic carbocycles. The largest absolute Gasteiger partial charge is 0.338 e. The van der Waals surface area contributed by atoms with Gasteiger partial charge in [0.2, 0.25) is 11.8 Å². The third-order valence-corrected chi connectivity index (χ3v) is 8.07. The predicted molar refractivity (Wildman–Crippen MR) is 94.9 cm³/mol. The summed E-state index contributed by atoms with van der Waals surface area (Å²) in [4.78, 5) is 29.0. The summed E-state index contributed by atoms with van der Waals surface area (Å²) >= 11 is 1.63. The molecule has 3 aliphatic rings. The lowest BCUT2D eigenvalue weighted by Crippen LogP contribution is -2.40. The van der Waals surface area contributed by atoms with Crippen molar-refractivity contribution in [2.45, 2.75) is 37.8 Å². The highest BCUT2D eigenvalue weighted by Crippen LogP contribution is 2.36. The Bertz CT molecular complexity index is 775. The topological polar surface area (TPSA) is 74.8 Å². The molecular formula is C17H22N2O4S2. The standard InChI is InChI=1S/C17H22N2O4S2/c20-16-8-13(9-19(16)14-4-7-25(22,23)11-14)17(21)18-5-1-2-15(18)12-3-6-24-10-12/h3,6,10,13-15H,1-2,4-5,7-9,11H2/t13-,14+,15-/m0/s1. The van der Waals surface area contributed by atoms with Gasteiger partial charge in [-0.05, 0) is 41.7 Å². The second-order valence-corrected chi connectivity index (χ2v) is 10.3. The van der Waals surface area contributed by atoms with Crippen molar-refractivity contribution in [3.8, 4) is 0 Å². The van der Waals surface area contributed by atoms with Gasteiger partial charge in [0.05, 0.1) is 23.5 Å². The number of thiophene rings is 1. The van der Waals surface area contributed by atoms with E-state index in [2.05, 4.69) is 11.4 Å². The molecule has 0 unspecified atom stereocenters. The molecule has 0 bridgehead atoms. The average Bonchev–Trinajstić information content (AvgIpc) is 3.31. The molecule has 3 fully saturated rings. The third-order valence-electron chi connectivity index (χ3n) is 5.62. The fraction of sp³-hybridized carbons (Fsp3) is 0.647. The van der Waals surface area contributed by atoms with Gasteiger partial charge < -0.3 is 9.80 Å². The van der Waals surface area contributed by atoms with E-state index in [4.69, 9.17) is 0 Å². The van der Waals surface area contributed by atoms with Crippen LogP contribution in [0.1, 0.15) is 37.3 Å². The Labute approximate surface area is 151 Å². The van der Waals surface area contributed by atoms with Gasteiger partial charge in [-0.15, -0.1) is 0 Å². The zero-order valence-corrected chi connectivity index (χ0v) is 15.6. The highest BCUT2D eigenvalue weighted by atomic mass is 32.2. The van der Waals surface area contributed by atoms with E-state index in [-0.39, 0.29) is 47.7 Å². The summed E-state index contributed by atoms with van der Waals surface area (Å²) in [5, 5.41) is 4.11. The molecule has 8 heteroatoms. The molecule has 1 aromatic heterocycles. The summed E-state index contributed by atoms with van der Waals surface area (Å²) in [5.41, 5.74) is 1.18. The first kappa shape index (κ1) is 17.0. The molecule has 0 radical (unpaired) electrons. The van der Waals surface area contributed by atoms with Crippen LogP contribution < -0.4 is 0 Å². The van der Waals surface area contributed by atoms with Crippen molar-refractivity contribution in [1.82, 2.24) is 9.80 Å². The second kappa shape index (κ2) is 6.39. The van der Waals surface area contributed by atoms with Crippen LogP contribution in [0, 0.1) is 5.92 Å². The summed E-state index contributed by atoms with van der Waals surface area (Å²) in [6.45, 7) is 1.10. The van der Waals surface area contributed by atoms with Gasteiger partial charge in [-0.1, -0.05) is 0 Å². The van der Waals surface area contributed by atoms with Crippen LogP contribution in [-0.2, 0) is 19.4 Å². The van der Waals surface area contributed by atoms with Gasteiger partial charge in [0.15, 0.2) is 9.84 Å². The molecule has 3 aliphatic heterocycles. The molecule has 4 rings (SSSR count). The first-order valence-corrected chi connectivity index (χ1v) is 11.5. The summed E-state index contributed by atoms with van der Waals surface area (Å²) in [6, 6.07) is 1.94. The number of carbonyl (C=O) groups is 2. The van der Waals surface area contributed by atoms with Gasteiger partial charge in [0.1, 0.15) is 0 Å². The number of likely N-dealkylation sites (tertiary alicyclic amines) is 2. The SMILES string of the molecule is O=C1C[C@H](C(=O)N2CCC[C@H]2c2ccsc2)CN1[C@@H]1CCS(=O)(=O)C1. The van der Waals surface area contributed by atoms with E-state index in [0.717, 1.165) is 19.4 Å². The fourth-order valence-electron chi connectivity index (χ4n) is 4.35. The molecular weight excluding hydrogens is 360 g/mol. The lowest BCUT2D eigenvalue weighted by molar-refractivity contribution is -0.136. The van der Waals surface area contributed by atoms with Crippen LogP contribution >= 0.6 is 11.3 Å². The van der Waals surface area contributed by atoms with E-state index in [0.29, 0.717) is 13.0 Å². The van der Waals surface area contributed by atoms with Crippen LogP contribution in [0.4, 0.5) is 0 Å². The Morgan fingerprint density at radius 3 is 2.80 bits per heavy atom. The molecule has 0 spiro atoms. The smallest absolute Gasteiger partial charge is 0.228 e. The summed E-state index contributed by atoms with van der Waals surface area (Å²) in [6.07, 6.45) is 2.66. The molecule has 6 nitrogen and oxygen atoms in total. The van der Waals surface area contributed by atoms with Crippen LogP contribution in [0.2, 0.25) is 0 Å². The molecule has 2 amide bonds.